The maximum absolute atomic E-state index is 2.21. The van der Waals surface area contributed by atoms with Gasteiger partial charge in [0.05, 0.1) is 0 Å². The summed E-state index contributed by atoms with van der Waals surface area (Å²) in [6, 6.07) is 17.5. The second-order valence-corrected chi connectivity index (χ2v) is 10.9. The molecule has 4 heteroatoms. The van der Waals surface area contributed by atoms with Crippen LogP contribution in [0.2, 0.25) is 0 Å². The molecule has 0 fully saturated rings. The third kappa shape index (κ3) is 4.26. The first-order valence-corrected chi connectivity index (χ1v) is 12.2. The van der Waals surface area contributed by atoms with Crippen LogP contribution in [0.1, 0.15) is 39.0 Å². The summed E-state index contributed by atoms with van der Waals surface area (Å²) >= 11 is 7.27. The maximum atomic E-state index is 2.21. The molecule has 28 heavy (non-hydrogen) atoms. The highest BCUT2D eigenvalue weighted by molar-refractivity contribution is 7.16. The molecular weight excluding hydrogens is 417 g/mol. The lowest BCUT2D eigenvalue weighted by molar-refractivity contribution is 1.89. The first kappa shape index (κ1) is 17.8. The van der Waals surface area contributed by atoms with E-state index in [9.17, 15) is 0 Å². The summed E-state index contributed by atoms with van der Waals surface area (Å²) in [6.45, 7) is 0. The van der Waals surface area contributed by atoms with Gasteiger partial charge in [-0.3, -0.25) is 0 Å². The molecular formula is C24H16S4. The molecule has 0 radical (unpaired) electrons. The van der Waals surface area contributed by atoms with Crippen molar-refractivity contribution in [1.82, 2.24) is 0 Å². The van der Waals surface area contributed by atoms with E-state index in [2.05, 4.69) is 97.1 Å². The van der Waals surface area contributed by atoms with E-state index in [1.165, 1.54) is 39.0 Å². The van der Waals surface area contributed by atoms with Gasteiger partial charge in [0, 0.05) is 39.0 Å². The first-order valence-electron chi connectivity index (χ1n) is 8.92. The second-order valence-electron chi connectivity index (χ2n) is 6.29. The van der Waals surface area contributed by atoms with E-state index >= 15 is 0 Å². The highest BCUT2D eigenvalue weighted by Gasteiger charge is 2.00. The Morgan fingerprint density at radius 2 is 0.393 bits per heavy atom. The van der Waals surface area contributed by atoms with Gasteiger partial charge in [-0.05, 0) is 97.1 Å². The molecule has 0 saturated heterocycles. The monoisotopic (exact) mass is 432 g/mol. The minimum atomic E-state index is 1.28. The molecule has 4 aromatic rings. The van der Waals surface area contributed by atoms with E-state index in [0.29, 0.717) is 0 Å². The van der Waals surface area contributed by atoms with Gasteiger partial charge in [-0.25, -0.2) is 0 Å². The number of rotatable bonds is 0. The average molecular weight is 433 g/mol. The minimum Gasteiger partial charge on any atom is -0.137 e. The number of thiophene rings is 4. The molecule has 0 spiro atoms. The zero-order chi connectivity index (χ0) is 18.8. The van der Waals surface area contributed by atoms with E-state index in [4.69, 9.17) is 0 Å². The fraction of sp³-hybridized carbons (Fsp3) is 0. The van der Waals surface area contributed by atoms with E-state index in [0.717, 1.165) is 0 Å². The first-order chi connectivity index (χ1) is 13.8. The van der Waals surface area contributed by atoms with Gasteiger partial charge >= 0.3 is 0 Å². The Bertz CT molecular complexity index is 942. The summed E-state index contributed by atoms with van der Waals surface area (Å²) in [7, 11) is 0. The third-order valence-electron chi connectivity index (χ3n) is 4.24. The molecule has 1 aliphatic heterocycles. The summed E-state index contributed by atoms with van der Waals surface area (Å²) in [4.78, 5) is 10.2. The number of hydrogen-bond donors (Lipinski definition) is 0. The van der Waals surface area contributed by atoms with E-state index in [1.807, 2.05) is 45.3 Å². The van der Waals surface area contributed by atoms with Crippen molar-refractivity contribution in [3.8, 4) is 0 Å². The molecule has 0 amide bonds. The van der Waals surface area contributed by atoms with Crippen LogP contribution in [0.3, 0.4) is 0 Å². The second kappa shape index (κ2) is 8.02. The van der Waals surface area contributed by atoms with Gasteiger partial charge in [0.2, 0.25) is 0 Å². The van der Waals surface area contributed by atoms with E-state index in [-0.39, 0.29) is 0 Å². The van der Waals surface area contributed by atoms with Crippen LogP contribution in [0.4, 0.5) is 0 Å². The van der Waals surface area contributed by atoms with Crippen LogP contribution in [0.15, 0.2) is 48.5 Å². The maximum Gasteiger partial charge on any atom is 0.0277 e. The normalized spacial score (nSPS) is 13.1. The van der Waals surface area contributed by atoms with Crippen LogP contribution in [-0.2, 0) is 0 Å². The van der Waals surface area contributed by atoms with Crippen molar-refractivity contribution in [3.63, 3.8) is 0 Å². The van der Waals surface area contributed by atoms with Crippen molar-refractivity contribution in [1.29, 1.82) is 0 Å². The molecule has 5 heterocycles. The molecule has 0 unspecified atom stereocenters. The van der Waals surface area contributed by atoms with Crippen LogP contribution >= 0.6 is 45.3 Å². The van der Waals surface area contributed by atoms with Crippen molar-refractivity contribution in [2.24, 2.45) is 0 Å². The van der Waals surface area contributed by atoms with Crippen LogP contribution < -0.4 is 0 Å². The molecule has 0 saturated carbocycles. The molecule has 0 aromatic carbocycles. The summed E-state index contributed by atoms with van der Waals surface area (Å²) < 4.78 is 0. The molecule has 5 rings (SSSR count). The number of hydrogen-bond acceptors (Lipinski definition) is 4. The SMILES string of the molecule is C1=Cc2ccc(s2)C=Cc2ccc(s2)C=Cc2ccc(s2)C=Cc2ccc1s2. The molecule has 4 aromatic heterocycles. The van der Waals surface area contributed by atoms with Crippen LogP contribution in [-0.4, -0.2) is 0 Å². The van der Waals surface area contributed by atoms with Gasteiger partial charge in [0.15, 0.2) is 0 Å². The van der Waals surface area contributed by atoms with Crippen molar-refractivity contribution < 1.29 is 0 Å². The summed E-state index contributed by atoms with van der Waals surface area (Å²) in [5.41, 5.74) is 0. The summed E-state index contributed by atoms with van der Waals surface area (Å²) in [5, 5.41) is 0. The highest BCUT2D eigenvalue weighted by Crippen LogP contribution is 2.28. The lowest BCUT2D eigenvalue weighted by atomic mass is 10.3. The minimum absolute atomic E-state index is 1.28. The number of fused-ring (bicyclic) bond motifs is 8. The van der Waals surface area contributed by atoms with Crippen molar-refractivity contribution >= 4 is 94.0 Å². The standard InChI is InChI=1S/C24H16S4/c1-2-18-11-12-20-5-6-22(27-20)15-16-24-8-7-23(28-24)14-13-21-4-3-19(26-21)10-9-17(1)25-18/h1-16H. The Hall–Kier alpha value is -2.24. The van der Waals surface area contributed by atoms with E-state index in [1.54, 1.807) is 0 Å². The fourth-order valence-corrected chi connectivity index (χ4v) is 6.11. The van der Waals surface area contributed by atoms with Crippen LogP contribution in [0, 0.1) is 0 Å². The van der Waals surface area contributed by atoms with Crippen molar-refractivity contribution in [3.05, 3.63) is 87.5 Å². The average Bonchev–Trinajstić information content (AvgIpc) is 3.49. The molecule has 0 aliphatic carbocycles. The van der Waals surface area contributed by atoms with Crippen molar-refractivity contribution in [2.45, 2.75) is 0 Å². The quantitative estimate of drug-likeness (QED) is 0.229. The summed E-state index contributed by atoms with van der Waals surface area (Å²) in [5.74, 6) is 0. The smallest absolute Gasteiger partial charge is 0.0277 e. The zero-order valence-electron chi connectivity index (χ0n) is 14.9. The van der Waals surface area contributed by atoms with Gasteiger partial charge in [0.25, 0.3) is 0 Å². The lowest BCUT2D eigenvalue weighted by Gasteiger charge is -1.88. The Kier molecular flexibility index (Phi) is 5.10. The Morgan fingerprint density at radius 3 is 0.536 bits per heavy atom. The van der Waals surface area contributed by atoms with Gasteiger partial charge in [0.1, 0.15) is 0 Å². The molecule has 0 atom stereocenters. The Balaban J connectivity index is 1.52. The van der Waals surface area contributed by atoms with Gasteiger partial charge in [-0.2, -0.15) is 0 Å². The van der Waals surface area contributed by atoms with Crippen molar-refractivity contribution in [2.75, 3.05) is 0 Å². The van der Waals surface area contributed by atoms with E-state index < -0.39 is 0 Å². The third-order valence-corrected chi connectivity index (χ3v) is 8.30. The predicted octanol–water partition coefficient (Wildman–Crippen LogP) is 8.93. The molecule has 1 aliphatic rings. The molecule has 0 N–H and O–H groups in total. The Labute approximate surface area is 180 Å². The van der Waals surface area contributed by atoms with Crippen LogP contribution in [0.25, 0.3) is 48.6 Å². The largest absolute Gasteiger partial charge is 0.137 e. The van der Waals surface area contributed by atoms with Gasteiger partial charge < -0.3 is 0 Å². The molecule has 136 valence electrons. The van der Waals surface area contributed by atoms with Crippen LogP contribution in [0.5, 0.6) is 0 Å². The molecule has 0 nitrogen and oxygen atoms in total. The zero-order valence-corrected chi connectivity index (χ0v) is 18.1. The fourth-order valence-electron chi connectivity index (χ4n) is 2.85. The van der Waals surface area contributed by atoms with Gasteiger partial charge in [-0.1, -0.05) is 0 Å². The Morgan fingerprint density at radius 1 is 0.250 bits per heavy atom. The van der Waals surface area contributed by atoms with Gasteiger partial charge in [-0.15, -0.1) is 45.3 Å². The lowest BCUT2D eigenvalue weighted by Crippen LogP contribution is -1.59. The highest BCUT2D eigenvalue weighted by atomic mass is 32.1. The topological polar surface area (TPSA) is 0 Å². The summed E-state index contributed by atoms with van der Waals surface area (Å²) in [6.07, 6.45) is 17.7. The predicted molar refractivity (Wildman–Crippen MR) is 133 cm³/mol. The molecule has 8 bridgehead atoms.